The summed E-state index contributed by atoms with van der Waals surface area (Å²) in [5.74, 6) is 0. The van der Waals surface area contributed by atoms with Gasteiger partial charge in [0.15, 0.2) is 0 Å². The molecule has 1 heterocycles. The topological polar surface area (TPSA) is 12.0 Å². The number of nitrogens with one attached hydrogen (secondary N) is 1. The lowest BCUT2D eigenvalue weighted by molar-refractivity contribution is 0.220. The normalized spacial score (nSPS) is 34.3. The van der Waals surface area contributed by atoms with Crippen molar-refractivity contribution in [3.8, 4) is 0 Å². The van der Waals surface area contributed by atoms with Gasteiger partial charge >= 0.3 is 0 Å². The van der Waals surface area contributed by atoms with E-state index in [-0.39, 0.29) is 0 Å². The van der Waals surface area contributed by atoms with E-state index < -0.39 is 0 Å². The Balaban J connectivity index is 2.09. The molecule has 2 atom stereocenters. The second-order valence-electron chi connectivity index (χ2n) is 5.22. The quantitative estimate of drug-likeness (QED) is 0.680. The fourth-order valence-corrected chi connectivity index (χ4v) is 3.47. The summed E-state index contributed by atoms with van der Waals surface area (Å²) in [6.45, 7) is 3.66. The van der Waals surface area contributed by atoms with Crippen molar-refractivity contribution < 1.29 is 0 Å². The van der Waals surface area contributed by atoms with Crippen molar-refractivity contribution in [3.63, 3.8) is 0 Å². The molecular weight excluding hydrogens is 182 g/mol. The molecule has 0 bridgehead atoms. The number of piperidine rings is 1. The zero-order chi connectivity index (χ0) is 10.3. The molecule has 1 N–H and O–H groups in total. The molecular formula is C14H19N. The van der Waals surface area contributed by atoms with Crippen LogP contribution in [0.25, 0.3) is 0 Å². The number of aryl methyl sites for hydroxylation is 1. The van der Waals surface area contributed by atoms with Crippen LogP contribution in [-0.2, 0) is 11.8 Å². The lowest BCUT2D eigenvalue weighted by Crippen LogP contribution is -2.53. The van der Waals surface area contributed by atoms with Crippen molar-refractivity contribution in [1.82, 2.24) is 5.32 Å². The van der Waals surface area contributed by atoms with Crippen LogP contribution < -0.4 is 5.32 Å². The highest BCUT2D eigenvalue weighted by atomic mass is 14.9. The second-order valence-corrected chi connectivity index (χ2v) is 5.22. The van der Waals surface area contributed by atoms with Crippen molar-refractivity contribution in [2.75, 3.05) is 6.54 Å². The first-order valence-corrected chi connectivity index (χ1v) is 6.12. The van der Waals surface area contributed by atoms with Gasteiger partial charge in [0, 0.05) is 11.5 Å². The van der Waals surface area contributed by atoms with Crippen molar-refractivity contribution in [2.45, 2.75) is 44.1 Å². The highest BCUT2D eigenvalue weighted by Crippen LogP contribution is 2.42. The first-order chi connectivity index (χ1) is 7.31. The van der Waals surface area contributed by atoms with Gasteiger partial charge in [-0.25, -0.2) is 0 Å². The Morgan fingerprint density at radius 1 is 1.33 bits per heavy atom. The Labute approximate surface area is 91.9 Å². The summed E-state index contributed by atoms with van der Waals surface area (Å²) in [6, 6.07) is 9.74. The Morgan fingerprint density at radius 2 is 2.20 bits per heavy atom. The molecule has 80 valence electrons. The lowest BCUT2D eigenvalue weighted by Gasteiger charge is -2.46. The molecule has 1 aromatic rings. The minimum atomic E-state index is 0.396. The van der Waals surface area contributed by atoms with Crippen LogP contribution in [0.5, 0.6) is 0 Å². The van der Waals surface area contributed by atoms with Gasteiger partial charge in [-0.3, -0.25) is 0 Å². The molecule has 0 radical (unpaired) electrons. The molecule has 0 saturated carbocycles. The largest absolute Gasteiger partial charge is 0.313 e. The summed E-state index contributed by atoms with van der Waals surface area (Å²) < 4.78 is 0. The van der Waals surface area contributed by atoms with E-state index in [1.54, 1.807) is 11.1 Å². The van der Waals surface area contributed by atoms with Crippen LogP contribution in [0.1, 0.15) is 37.3 Å². The Hall–Kier alpha value is -0.820. The smallest absolute Gasteiger partial charge is 0.0165 e. The Morgan fingerprint density at radius 3 is 3.13 bits per heavy atom. The van der Waals surface area contributed by atoms with Crippen LogP contribution >= 0.6 is 0 Å². The van der Waals surface area contributed by atoms with E-state index in [2.05, 4.69) is 36.5 Å². The van der Waals surface area contributed by atoms with Crippen LogP contribution in [0, 0.1) is 0 Å². The van der Waals surface area contributed by atoms with Crippen molar-refractivity contribution in [1.29, 1.82) is 0 Å². The van der Waals surface area contributed by atoms with Gasteiger partial charge in [-0.1, -0.05) is 31.2 Å². The monoisotopic (exact) mass is 201 g/mol. The van der Waals surface area contributed by atoms with Crippen molar-refractivity contribution >= 4 is 0 Å². The fraction of sp³-hybridized carbons (Fsp3) is 0.571. The maximum atomic E-state index is 3.70. The average molecular weight is 201 g/mol. The third-order valence-electron chi connectivity index (χ3n) is 4.37. The van der Waals surface area contributed by atoms with Gasteiger partial charge < -0.3 is 5.32 Å². The first-order valence-electron chi connectivity index (χ1n) is 6.12. The minimum Gasteiger partial charge on any atom is -0.313 e. The third-order valence-corrected chi connectivity index (χ3v) is 4.37. The highest BCUT2D eigenvalue weighted by Gasteiger charge is 2.41. The maximum Gasteiger partial charge on any atom is 0.0165 e. The van der Waals surface area contributed by atoms with Crippen LogP contribution in [0.4, 0.5) is 0 Å². The zero-order valence-corrected chi connectivity index (χ0v) is 9.42. The zero-order valence-electron chi connectivity index (χ0n) is 9.42. The molecule has 0 spiro atoms. The molecule has 15 heavy (non-hydrogen) atoms. The SMILES string of the molecule is C[C@@]12CCCN[C@@H]1CCc1ccccc12. The fourth-order valence-electron chi connectivity index (χ4n) is 3.47. The molecule has 0 amide bonds. The van der Waals surface area contributed by atoms with Gasteiger partial charge in [-0.2, -0.15) is 0 Å². The number of hydrogen-bond donors (Lipinski definition) is 1. The molecule has 2 aliphatic rings. The van der Waals surface area contributed by atoms with Crippen LogP contribution in [0.2, 0.25) is 0 Å². The Bertz CT molecular complexity index is 371. The predicted molar refractivity (Wildman–Crippen MR) is 63.1 cm³/mol. The molecule has 1 aliphatic carbocycles. The molecule has 1 aromatic carbocycles. The lowest BCUT2D eigenvalue weighted by atomic mass is 9.64. The summed E-state index contributed by atoms with van der Waals surface area (Å²) in [6.07, 6.45) is 5.24. The van der Waals surface area contributed by atoms with Gasteiger partial charge in [0.2, 0.25) is 0 Å². The molecule has 0 unspecified atom stereocenters. The average Bonchev–Trinajstić information content (AvgIpc) is 2.29. The molecule has 1 saturated heterocycles. The van der Waals surface area contributed by atoms with E-state index in [0.29, 0.717) is 11.5 Å². The summed E-state index contributed by atoms with van der Waals surface area (Å²) in [5.41, 5.74) is 3.58. The number of hydrogen-bond acceptors (Lipinski definition) is 1. The number of fused-ring (bicyclic) bond motifs is 3. The molecule has 1 aliphatic heterocycles. The van der Waals surface area contributed by atoms with E-state index in [1.165, 1.54) is 32.2 Å². The van der Waals surface area contributed by atoms with Gasteiger partial charge in [0.1, 0.15) is 0 Å². The van der Waals surface area contributed by atoms with E-state index >= 15 is 0 Å². The van der Waals surface area contributed by atoms with E-state index in [4.69, 9.17) is 0 Å². The molecule has 1 heteroatoms. The third kappa shape index (κ3) is 1.33. The van der Waals surface area contributed by atoms with Gasteiger partial charge in [0.05, 0.1) is 0 Å². The minimum absolute atomic E-state index is 0.396. The predicted octanol–water partition coefficient (Wildman–Crippen LogP) is 2.64. The van der Waals surface area contributed by atoms with Crippen molar-refractivity contribution in [3.05, 3.63) is 35.4 Å². The molecule has 3 rings (SSSR count). The van der Waals surface area contributed by atoms with Gasteiger partial charge in [-0.15, -0.1) is 0 Å². The number of rotatable bonds is 0. The van der Waals surface area contributed by atoms with Gasteiger partial charge in [-0.05, 0) is 43.4 Å². The van der Waals surface area contributed by atoms with Crippen molar-refractivity contribution in [2.24, 2.45) is 0 Å². The molecule has 0 aromatic heterocycles. The van der Waals surface area contributed by atoms with Crippen LogP contribution in [0.3, 0.4) is 0 Å². The van der Waals surface area contributed by atoms with E-state index in [1.807, 2.05) is 0 Å². The summed E-state index contributed by atoms with van der Waals surface area (Å²) >= 11 is 0. The molecule has 1 fully saturated rings. The first kappa shape index (κ1) is 9.41. The van der Waals surface area contributed by atoms with E-state index in [0.717, 1.165) is 0 Å². The second kappa shape index (κ2) is 3.34. The maximum absolute atomic E-state index is 3.70. The number of benzene rings is 1. The van der Waals surface area contributed by atoms with Crippen LogP contribution in [0.15, 0.2) is 24.3 Å². The van der Waals surface area contributed by atoms with Gasteiger partial charge in [0.25, 0.3) is 0 Å². The van der Waals surface area contributed by atoms with Crippen LogP contribution in [-0.4, -0.2) is 12.6 Å². The van der Waals surface area contributed by atoms with E-state index in [9.17, 15) is 0 Å². The molecule has 1 nitrogen and oxygen atoms in total. The summed E-state index contributed by atoms with van der Waals surface area (Å²) in [7, 11) is 0. The summed E-state index contributed by atoms with van der Waals surface area (Å²) in [5, 5.41) is 3.70. The summed E-state index contributed by atoms with van der Waals surface area (Å²) in [4.78, 5) is 0. The highest BCUT2D eigenvalue weighted by molar-refractivity contribution is 5.38. The Kier molecular flexibility index (Phi) is 2.10. The standard InChI is InChI=1S/C14H19N/c1-14-9-4-10-15-13(14)8-7-11-5-2-3-6-12(11)14/h2-3,5-6,13,15H,4,7-10H2,1H3/t13-,14+/m1/s1.